The molecular weight excluding hydrogens is 274 g/mol. The molecule has 1 N–H and O–H groups in total. The maximum absolute atomic E-state index is 3.55. The number of halogens is 1. The van der Waals surface area contributed by atoms with Crippen LogP contribution in [0.3, 0.4) is 0 Å². The van der Waals surface area contributed by atoms with E-state index >= 15 is 0 Å². The summed E-state index contributed by atoms with van der Waals surface area (Å²) in [6, 6.07) is 8.66. The molecule has 96 valence electrons. The van der Waals surface area contributed by atoms with Crippen LogP contribution in [0.4, 0.5) is 0 Å². The molecule has 0 aliphatic heterocycles. The van der Waals surface area contributed by atoms with Gasteiger partial charge in [0.15, 0.2) is 0 Å². The lowest BCUT2D eigenvalue weighted by Gasteiger charge is -2.28. The van der Waals surface area contributed by atoms with Gasteiger partial charge in [-0.3, -0.25) is 0 Å². The van der Waals surface area contributed by atoms with Crippen molar-refractivity contribution < 1.29 is 0 Å². The molecule has 17 heavy (non-hydrogen) atoms. The summed E-state index contributed by atoms with van der Waals surface area (Å²) in [5.74, 6) is 0. The van der Waals surface area contributed by atoms with Crippen molar-refractivity contribution in [1.29, 1.82) is 0 Å². The normalized spacial score (nSPS) is 12.8. The second kappa shape index (κ2) is 5.53. The van der Waals surface area contributed by atoms with E-state index in [1.165, 1.54) is 5.56 Å². The molecule has 0 fully saturated rings. The van der Waals surface area contributed by atoms with E-state index in [0.717, 1.165) is 17.4 Å². The minimum Gasteiger partial charge on any atom is -0.312 e. The largest absolute Gasteiger partial charge is 0.312 e. The van der Waals surface area contributed by atoms with E-state index < -0.39 is 0 Å². The first kappa shape index (κ1) is 14.7. The Bertz CT molecular complexity index is 346. The van der Waals surface area contributed by atoms with Crippen molar-refractivity contribution >= 4 is 15.9 Å². The van der Waals surface area contributed by atoms with E-state index in [-0.39, 0.29) is 11.0 Å². The zero-order valence-electron chi connectivity index (χ0n) is 11.6. The Morgan fingerprint density at radius 3 is 2.00 bits per heavy atom. The van der Waals surface area contributed by atoms with Gasteiger partial charge in [0, 0.05) is 10.0 Å². The third-order valence-corrected chi connectivity index (χ3v) is 3.56. The van der Waals surface area contributed by atoms with Crippen molar-refractivity contribution in [3.05, 3.63) is 34.3 Å². The Labute approximate surface area is 114 Å². The predicted molar refractivity (Wildman–Crippen MR) is 79.5 cm³/mol. The summed E-state index contributed by atoms with van der Waals surface area (Å²) >= 11 is 3.48. The van der Waals surface area contributed by atoms with Gasteiger partial charge in [0.25, 0.3) is 0 Å². The highest BCUT2D eigenvalue weighted by Gasteiger charge is 2.21. The van der Waals surface area contributed by atoms with Crippen LogP contribution in [0.25, 0.3) is 0 Å². The molecule has 1 aromatic carbocycles. The molecule has 0 radical (unpaired) electrons. The molecule has 0 spiro atoms. The molecule has 0 saturated heterocycles. The van der Waals surface area contributed by atoms with Gasteiger partial charge in [0.1, 0.15) is 0 Å². The average molecular weight is 298 g/mol. The van der Waals surface area contributed by atoms with E-state index in [0.29, 0.717) is 0 Å². The van der Waals surface area contributed by atoms with Crippen LogP contribution in [0.5, 0.6) is 0 Å². The summed E-state index contributed by atoms with van der Waals surface area (Å²) in [7, 11) is 0. The van der Waals surface area contributed by atoms with Crippen molar-refractivity contribution in [2.75, 3.05) is 6.54 Å². The average Bonchev–Trinajstić information content (AvgIpc) is 2.15. The molecule has 0 aliphatic carbocycles. The maximum Gasteiger partial charge on any atom is 0.0175 e. The summed E-state index contributed by atoms with van der Waals surface area (Å²) in [4.78, 5) is 0. The first-order valence-electron chi connectivity index (χ1n) is 6.22. The first-order chi connectivity index (χ1) is 7.71. The van der Waals surface area contributed by atoms with Crippen molar-refractivity contribution in [3.8, 4) is 0 Å². The summed E-state index contributed by atoms with van der Waals surface area (Å²) in [5, 5.41) is 3.55. The van der Waals surface area contributed by atoms with Gasteiger partial charge >= 0.3 is 0 Å². The molecule has 0 amide bonds. The monoisotopic (exact) mass is 297 g/mol. The Morgan fingerprint density at radius 1 is 1.00 bits per heavy atom. The van der Waals surface area contributed by atoms with E-state index in [1.807, 2.05) is 0 Å². The van der Waals surface area contributed by atoms with Crippen LogP contribution in [0.15, 0.2) is 28.7 Å². The van der Waals surface area contributed by atoms with E-state index in [4.69, 9.17) is 0 Å². The summed E-state index contributed by atoms with van der Waals surface area (Å²) in [5.41, 5.74) is 1.82. The number of hydrogen-bond donors (Lipinski definition) is 1. The minimum atomic E-state index is 0.204. The van der Waals surface area contributed by atoms with Crippen molar-refractivity contribution in [2.24, 2.45) is 0 Å². The van der Waals surface area contributed by atoms with Crippen LogP contribution < -0.4 is 5.32 Å². The lowest BCUT2D eigenvalue weighted by molar-refractivity contribution is 0.379. The van der Waals surface area contributed by atoms with Gasteiger partial charge in [-0.05, 0) is 56.8 Å². The molecule has 0 unspecified atom stereocenters. The van der Waals surface area contributed by atoms with Gasteiger partial charge in [0.2, 0.25) is 0 Å². The molecular formula is C15H24BrN. The molecule has 1 aromatic rings. The van der Waals surface area contributed by atoms with Crippen LogP contribution in [-0.4, -0.2) is 12.1 Å². The molecule has 1 nitrogen and oxygen atoms in total. The zero-order chi connectivity index (χ0) is 13.1. The summed E-state index contributed by atoms with van der Waals surface area (Å²) in [6.45, 7) is 12.3. The second-order valence-electron chi connectivity index (χ2n) is 6.32. The van der Waals surface area contributed by atoms with E-state index in [2.05, 4.69) is 80.1 Å². The fourth-order valence-electron chi connectivity index (χ4n) is 1.80. The Balaban J connectivity index is 2.59. The van der Waals surface area contributed by atoms with Crippen LogP contribution in [0.1, 0.15) is 46.6 Å². The van der Waals surface area contributed by atoms with Gasteiger partial charge < -0.3 is 5.32 Å². The quantitative estimate of drug-likeness (QED) is 0.862. The SMILES string of the molecule is CC(C)(C)NCCC(C)(C)c1ccc(Br)cc1. The fraction of sp³-hybridized carbons (Fsp3) is 0.600. The highest BCUT2D eigenvalue weighted by atomic mass is 79.9. The van der Waals surface area contributed by atoms with Crippen LogP contribution >= 0.6 is 15.9 Å². The van der Waals surface area contributed by atoms with Gasteiger partial charge in [-0.1, -0.05) is 41.9 Å². The Hall–Kier alpha value is -0.340. The third kappa shape index (κ3) is 5.22. The fourth-order valence-corrected chi connectivity index (χ4v) is 2.06. The Kier molecular flexibility index (Phi) is 4.79. The molecule has 0 heterocycles. The van der Waals surface area contributed by atoms with Gasteiger partial charge in [-0.2, -0.15) is 0 Å². The van der Waals surface area contributed by atoms with Gasteiger partial charge in [-0.15, -0.1) is 0 Å². The smallest absolute Gasteiger partial charge is 0.0175 e. The molecule has 0 bridgehead atoms. The molecule has 0 aliphatic rings. The van der Waals surface area contributed by atoms with Crippen molar-refractivity contribution in [2.45, 2.75) is 52.0 Å². The van der Waals surface area contributed by atoms with Crippen LogP contribution in [-0.2, 0) is 5.41 Å². The topological polar surface area (TPSA) is 12.0 Å². The lowest BCUT2D eigenvalue weighted by Crippen LogP contribution is -2.38. The lowest BCUT2D eigenvalue weighted by atomic mass is 9.81. The summed E-state index contributed by atoms with van der Waals surface area (Å²) < 4.78 is 1.14. The number of hydrogen-bond acceptors (Lipinski definition) is 1. The maximum atomic E-state index is 3.55. The predicted octanol–water partition coefficient (Wildman–Crippen LogP) is 4.50. The zero-order valence-corrected chi connectivity index (χ0v) is 13.2. The van der Waals surface area contributed by atoms with Crippen LogP contribution in [0, 0.1) is 0 Å². The van der Waals surface area contributed by atoms with Gasteiger partial charge in [0.05, 0.1) is 0 Å². The highest BCUT2D eigenvalue weighted by molar-refractivity contribution is 9.10. The molecule has 0 aromatic heterocycles. The standard InChI is InChI=1S/C15H24BrN/c1-14(2,3)17-11-10-15(4,5)12-6-8-13(16)9-7-12/h6-9,17H,10-11H2,1-5H3. The highest BCUT2D eigenvalue weighted by Crippen LogP contribution is 2.27. The van der Waals surface area contributed by atoms with Crippen molar-refractivity contribution in [3.63, 3.8) is 0 Å². The number of rotatable bonds is 4. The first-order valence-corrected chi connectivity index (χ1v) is 7.01. The summed E-state index contributed by atoms with van der Waals surface area (Å²) in [6.07, 6.45) is 1.14. The Morgan fingerprint density at radius 2 is 1.53 bits per heavy atom. The van der Waals surface area contributed by atoms with E-state index in [9.17, 15) is 0 Å². The van der Waals surface area contributed by atoms with Crippen molar-refractivity contribution in [1.82, 2.24) is 5.32 Å². The van der Waals surface area contributed by atoms with E-state index in [1.54, 1.807) is 0 Å². The molecule has 0 atom stereocenters. The molecule has 0 saturated carbocycles. The number of nitrogens with one attached hydrogen (secondary N) is 1. The third-order valence-electron chi connectivity index (χ3n) is 3.03. The van der Waals surface area contributed by atoms with Gasteiger partial charge in [-0.25, -0.2) is 0 Å². The molecule has 1 rings (SSSR count). The minimum absolute atomic E-state index is 0.204. The molecule has 2 heteroatoms. The second-order valence-corrected chi connectivity index (χ2v) is 7.23. The number of benzene rings is 1. The van der Waals surface area contributed by atoms with Crippen LogP contribution in [0.2, 0.25) is 0 Å².